The van der Waals surface area contributed by atoms with Crippen LogP contribution in [0.4, 0.5) is 10.1 Å². The molecule has 3 aromatic rings. The molecular formula is C13H10FN3S. The van der Waals surface area contributed by atoms with Crippen LogP contribution in [-0.2, 0) is 0 Å². The molecule has 3 rings (SSSR count). The maximum Gasteiger partial charge on any atom is 0.134 e. The summed E-state index contributed by atoms with van der Waals surface area (Å²) in [4.78, 5) is 0.776. The molecule has 0 saturated carbocycles. The summed E-state index contributed by atoms with van der Waals surface area (Å²) in [5.74, 6) is -0.294. The zero-order valence-corrected chi connectivity index (χ0v) is 10.2. The molecule has 0 aliphatic heterocycles. The first-order valence-electron chi connectivity index (χ1n) is 5.39. The van der Waals surface area contributed by atoms with Gasteiger partial charge in [0.1, 0.15) is 5.82 Å². The lowest BCUT2D eigenvalue weighted by Gasteiger charge is -2.09. The smallest absolute Gasteiger partial charge is 0.134 e. The van der Waals surface area contributed by atoms with Crippen LogP contribution in [-0.4, -0.2) is 8.94 Å². The topological polar surface area (TPSA) is 43.8 Å². The number of anilines is 1. The van der Waals surface area contributed by atoms with Crippen LogP contribution < -0.4 is 5.73 Å². The number of halogens is 1. The second kappa shape index (κ2) is 4.27. The Balaban J connectivity index is 2.15. The Bertz CT molecular complexity index is 600. The highest BCUT2D eigenvalue weighted by Crippen LogP contribution is 2.31. The van der Waals surface area contributed by atoms with Gasteiger partial charge in [-0.15, -0.1) is 0 Å². The molecule has 1 aromatic carbocycles. The molecule has 0 aliphatic carbocycles. The van der Waals surface area contributed by atoms with Crippen LogP contribution in [0, 0.1) is 5.82 Å². The summed E-state index contributed by atoms with van der Waals surface area (Å²) in [6, 6.07) is 8.61. The van der Waals surface area contributed by atoms with E-state index >= 15 is 0 Å². The highest BCUT2D eigenvalue weighted by molar-refractivity contribution is 7.09. The highest BCUT2D eigenvalue weighted by atomic mass is 32.1. The lowest BCUT2D eigenvalue weighted by Crippen LogP contribution is -1.99. The molecule has 5 heteroatoms. The molecule has 0 fully saturated rings. The number of nitrogen functional groups attached to an aromatic ring is 1. The standard InChI is InChI=1S/C13H10FN3S/c14-10-8-12(17-5-1-2-6-17)11(15)7-9(10)13-3-4-16-18-13/h1-8H,15H2. The number of nitrogens with two attached hydrogens (primary N) is 1. The summed E-state index contributed by atoms with van der Waals surface area (Å²) in [7, 11) is 0. The van der Waals surface area contributed by atoms with E-state index in [2.05, 4.69) is 4.37 Å². The summed E-state index contributed by atoms with van der Waals surface area (Å²) >= 11 is 1.25. The molecule has 90 valence electrons. The molecule has 0 saturated heterocycles. The average Bonchev–Trinajstić information content (AvgIpc) is 3.02. The fraction of sp³-hybridized carbons (Fsp3) is 0. The van der Waals surface area contributed by atoms with E-state index in [0.29, 0.717) is 16.9 Å². The molecule has 2 aromatic heterocycles. The molecule has 0 aliphatic rings. The molecule has 0 spiro atoms. The zero-order valence-electron chi connectivity index (χ0n) is 9.38. The first kappa shape index (κ1) is 11.0. The van der Waals surface area contributed by atoms with Gasteiger partial charge in [0.15, 0.2) is 0 Å². The third-order valence-corrected chi connectivity index (χ3v) is 3.48. The molecule has 0 bridgehead atoms. The largest absolute Gasteiger partial charge is 0.397 e. The molecule has 0 unspecified atom stereocenters. The third kappa shape index (κ3) is 1.78. The van der Waals surface area contributed by atoms with Crippen LogP contribution >= 0.6 is 11.5 Å². The van der Waals surface area contributed by atoms with E-state index in [0.717, 1.165) is 4.88 Å². The fourth-order valence-corrected chi connectivity index (χ4v) is 2.45. The maximum absolute atomic E-state index is 14.1. The lowest BCUT2D eigenvalue weighted by atomic mass is 10.1. The van der Waals surface area contributed by atoms with Gasteiger partial charge < -0.3 is 10.3 Å². The number of nitrogens with zero attached hydrogens (tertiary/aromatic N) is 2. The van der Waals surface area contributed by atoms with Crippen molar-refractivity contribution in [3.05, 3.63) is 54.7 Å². The van der Waals surface area contributed by atoms with Gasteiger partial charge in [0.2, 0.25) is 0 Å². The van der Waals surface area contributed by atoms with Gasteiger partial charge in [-0.2, -0.15) is 0 Å². The van der Waals surface area contributed by atoms with Crippen molar-refractivity contribution in [2.75, 3.05) is 5.73 Å². The first-order chi connectivity index (χ1) is 8.75. The predicted octanol–water partition coefficient (Wildman–Crippen LogP) is 3.32. The van der Waals surface area contributed by atoms with Gasteiger partial charge in [-0.3, -0.25) is 0 Å². The summed E-state index contributed by atoms with van der Waals surface area (Å²) in [5, 5.41) is 0. The van der Waals surface area contributed by atoms with Gasteiger partial charge in [0.05, 0.1) is 16.3 Å². The summed E-state index contributed by atoms with van der Waals surface area (Å²) in [5.41, 5.74) is 7.66. The van der Waals surface area contributed by atoms with Crippen molar-refractivity contribution in [3.63, 3.8) is 0 Å². The molecule has 2 heterocycles. The minimum atomic E-state index is -0.294. The summed E-state index contributed by atoms with van der Waals surface area (Å²) in [6.07, 6.45) is 5.31. The van der Waals surface area contributed by atoms with E-state index in [1.807, 2.05) is 24.5 Å². The van der Waals surface area contributed by atoms with E-state index in [1.165, 1.54) is 17.6 Å². The highest BCUT2D eigenvalue weighted by Gasteiger charge is 2.11. The zero-order chi connectivity index (χ0) is 12.5. The second-order valence-electron chi connectivity index (χ2n) is 3.86. The Morgan fingerprint density at radius 3 is 2.67 bits per heavy atom. The second-order valence-corrected chi connectivity index (χ2v) is 4.69. The van der Waals surface area contributed by atoms with E-state index < -0.39 is 0 Å². The Morgan fingerprint density at radius 2 is 2.00 bits per heavy atom. The molecule has 18 heavy (non-hydrogen) atoms. The van der Waals surface area contributed by atoms with Crippen LogP contribution in [0.5, 0.6) is 0 Å². The number of benzene rings is 1. The Morgan fingerprint density at radius 1 is 1.22 bits per heavy atom. The fourth-order valence-electron chi connectivity index (χ4n) is 1.84. The molecule has 0 radical (unpaired) electrons. The average molecular weight is 259 g/mol. The van der Waals surface area contributed by atoms with E-state index in [4.69, 9.17) is 5.73 Å². The van der Waals surface area contributed by atoms with Crippen LogP contribution in [0.25, 0.3) is 16.1 Å². The van der Waals surface area contributed by atoms with Crippen molar-refractivity contribution in [1.29, 1.82) is 0 Å². The van der Waals surface area contributed by atoms with Gasteiger partial charge in [-0.1, -0.05) is 0 Å². The summed E-state index contributed by atoms with van der Waals surface area (Å²) < 4.78 is 19.9. The van der Waals surface area contributed by atoms with Crippen molar-refractivity contribution < 1.29 is 4.39 Å². The maximum atomic E-state index is 14.1. The van der Waals surface area contributed by atoms with Crippen molar-refractivity contribution in [2.24, 2.45) is 0 Å². The number of hydrogen-bond donors (Lipinski definition) is 1. The van der Waals surface area contributed by atoms with Crippen LogP contribution in [0.15, 0.2) is 48.9 Å². The van der Waals surface area contributed by atoms with Gasteiger partial charge in [-0.25, -0.2) is 8.76 Å². The van der Waals surface area contributed by atoms with Crippen LogP contribution in [0.3, 0.4) is 0 Å². The lowest BCUT2D eigenvalue weighted by molar-refractivity contribution is 0.630. The minimum absolute atomic E-state index is 0.294. The molecule has 3 nitrogen and oxygen atoms in total. The number of rotatable bonds is 2. The van der Waals surface area contributed by atoms with Crippen molar-refractivity contribution in [1.82, 2.24) is 8.94 Å². The van der Waals surface area contributed by atoms with E-state index in [-0.39, 0.29) is 5.82 Å². The SMILES string of the molecule is Nc1cc(-c2ccns2)c(F)cc1-n1cccc1. The monoisotopic (exact) mass is 259 g/mol. The normalized spacial score (nSPS) is 10.7. The Hall–Kier alpha value is -2.14. The van der Waals surface area contributed by atoms with Gasteiger partial charge in [-0.05, 0) is 35.8 Å². The third-order valence-electron chi connectivity index (χ3n) is 2.70. The van der Waals surface area contributed by atoms with Crippen molar-refractivity contribution in [2.45, 2.75) is 0 Å². The number of hydrogen-bond acceptors (Lipinski definition) is 3. The minimum Gasteiger partial charge on any atom is -0.397 e. The van der Waals surface area contributed by atoms with Crippen molar-refractivity contribution in [3.8, 4) is 16.1 Å². The van der Waals surface area contributed by atoms with Gasteiger partial charge in [0, 0.05) is 30.2 Å². The molecule has 2 N–H and O–H groups in total. The van der Waals surface area contributed by atoms with Crippen LogP contribution in [0.1, 0.15) is 0 Å². The molecular weight excluding hydrogens is 249 g/mol. The van der Waals surface area contributed by atoms with Crippen LogP contribution in [0.2, 0.25) is 0 Å². The quantitative estimate of drug-likeness (QED) is 0.717. The van der Waals surface area contributed by atoms with Gasteiger partial charge >= 0.3 is 0 Å². The number of aromatic nitrogens is 2. The van der Waals surface area contributed by atoms with E-state index in [1.54, 1.807) is 22.9 Å². The Kier molecular flexibility index (Phi) is 2.60. The van der Waals surface area contributed by atoms with Gasteiger partial charge in [0.25, 0.3) is 0 Å². The Labute approximate surface area is 107 Å². The van der Waals surface area contributed by atoms with Crippen molar-refractivity contribution >= 4 is 17.2 Å². The van der Waals surface area contributed by atoms with E-state index in [9.17, 15) is 4.39 Å². The first-order valence-corrected chi connectivity index (χ1v) is 6.16. The summed E-state index contributed by atoms with van der Waals surface area (Å²) in [6.45, 7) is 0. The predicted molar refractivity (Wildman–Crippen MR) is 71.2 cm³/mol. The molecule has 0 amide bonds. The molecule has 0 atom stereocenters.